The van der Waals surface area contributed by atoms with E-state index in [1.807, 2.05) is 32.3 Å². The summed E-state index contributed by atoms with van der Waals surface area (Å²) in [6.45, 7) is 10.3. The second-order valence-electron chi connectivity index (χ2n) is 7.64. The average molecular weight is 357 g/mol. The number of hydrogen-bond donors (Lipinski definition) is 0. The molecular formula is C19H27N5O2. The van der Waals surface area contributed by atoms with Crippen LogP contribution in [-0.2, 0) is 11.3 Å². The minimum absolute atomic E-state index is 0.118. The van der Waals surface area contributed by atoms with E-state index in [0.29, 0.717) is 0 Å². The van der Waals surface area contributed by atoms with Gasteiger partial charge in [0.05, 0.1) is 18.9 Å². The van der Waals surface area contributed by atoms with Crippen LogP contribution in [0.25, 0.3) is 0 Å². The van der Waals surface area contributed by atoms with E-state index in [0.717, 1.165) is 63.3 Å². The number of rotatable bonds is 3. The SMILES string of the molecule is Cc1noc(C)c1CN1CCCC2(COCCN(c3ncccn3)C2)C1. The first-order valence-corrected chi connectivity index (χ1v) is 9.39. The Bertz CT molecular complexity index is 715. The second-order valence-corrected chi connectivity index (χ2v) is 7.64. The highest BCUT2D eigenvalue weighted by Crippen LogP contribution is 2.34. The van der Waals surface area contributed by atoms with Gasteiger partial charge in [-0.25, -0.2) is 9.97 Å². The van der Waals surface area contributed by atoms with E-state index in [9.17, 15) is 0 Å². The lowest BCUT2D eigenvalue weighted by molar-refractivity contribution is 0.0105. The number of anilines is 1. The first-order chi connectivity index (χ1) is 12.7. The minimum atomic E-state index is 0.118. The third-order valence-corrected chi connectivity index (χ3v) is 5.58. The van der Waals surface area contributed by atoms with Crippen molar-refractivity contribution in [1.82, 2.24) is 20.0 Å². The Kier molecular flexibility index (Phi) is 4.91. The van der Waals surface area contributed by atoms with E-state index < -0.39 is 0 Å². The second kappa shape index (κ2) is 7.32. The molecule has 0 N–H and O–H groups in total. The maximum Gasteiger partial charge on any atom is 0.225 e. The van der Waals surface area contributed by atoms with Crippen molar-refractivity contribution in [3.63, 3.8) is 0 Å². The number of ether oxygens (including phenoxy) is 1. The molecule has 0 radical (unpaired) electrons. The molecule has 2 aromatic heterocycles. The lowest BCUT2D eigenvalue weighted by Gasteiger charge is -2.43. The molecule has 0 amide bonds. The van der Waals surface area contributed by atoms with Crippen LogP contribution in [0.5, 0.6) is 0 Å². The van der Waals surface area contributed by atoms with Crippen LogP contribution in [0.4, 0.5) is 5.95 Å². The van der Waals surface area contributed by atoms with E-state index in [2.05, 4.69) is 24.9 Å². The Labute approximate surface area is 154 Å². The zero-order valence-corrected chi connectivity index (χ0v) is 15.6. The highest BCUT2D eigenvalue weighted by molar-refractivity contribution is 5.30. The molecule has 0 aliphatic carbocycles. The maximum atomic E-state index is 6.02. The predicted molar refractivity (Wildman–Crippen MR) is 98.0 cm³/mol. The van der Waals surface area contributed by atoms with Gasteiger partial charge in [0.15, 0.2) is 0 Å². The molecule has 0 bridgehead atoms. The van der Waals surface area contributed by atoms with Gasteiger partial charge in [0.2, 0.25) is 5.95 Å². The van der Waals surface area contributed by atoms with Crippen molar-refractivity contribution in [1.29, 1.82) is 0 Å². The van der Waals surface area contributed by atoms with Crippen LogP contribution in [0, 0.1) is 19.3 Å². The molecule has 4 rings (SSSR count). The Morgan fingerprint density at radius 2 is 2.00 bits per heavy atom. The van der Waals surface area contributed by atoms with Crippen molar-refractivity contribution in [3.05, 3.63) is 35.5 Å². The van der Waals surface area contributed by atoms with Crippen LogP contribution in [0.1, 0.15) is 29.9 Å². The summed E-state index contributed by atoms with van der Waals surface area (Å²) < 4.78 is 11.4. The van der Waals surface area contributed by atoms with Crippen LogP contribution in [0.3, 0.4) is 0 Å². The Morgan fingerprint density at radius 1 is 1.15 bits per heavy atom. The van der Waals surface area contributed by atoms with Crippen molar-refractivity contribution in [2.45, 2.75) is 33.2 Å². The van der Waals surface area contributed by atoms with Gasteiger partial charge in [0, 0.05) is 49.6 Å². The van der Waals surface area contributed by atoms with Crippen molar-refractivity contribution in [3.8, 4) is 0 Å². The third kappa shape index (κ3) is 3.59. The lowest BCUT2D eigenvalue weighted by Crippen LogP contribution is -2.50. The molecule has 0 aromatic carbocycles. The van der Waals surface area contributed by atoms with E-state index in [4.69, 9.17) is 9.26 Å². The monoisotopic (exact) mass is 357 g/mol. The molecule has 7 heteroatoms. The first-order valence-electron chi connectivity index (χ1n) is 9.39. The van der Waals surface area contributed by atoms with Gasteiger partial charge < -0.3 is 14.2 Å². The van der Waals surface area contributed by atoms with Crippen LogP contribution in [-0.4, -0.2) is 59.4 Å². The van der Waals surface area contributed by atoms with Crippen molar-refractivity contribution in [2.75, 3.05) is 44.3 Å². The fourth-order valence-corrected chi connectivity index (χ4v) is 4.26. The summed E-state index contributed by atoms with van der Waals surface area (Å²) in [5.74, 6) is 1.73. The molecule has 2 saturated heterocycles. The molecule has 1 atom stereocenters. The van der Waals surface area contributed by atoms with Gasteiger partial charge in [-0.2, -0.15) is 0 Å². The molecule has 1 unspecified atom stereocenters. The number of aromatic nitrogens is 3. The summed E-state index contributed by atoms with van der Waals surface area (Å²) in [5.41, 5.74) is 2.34. The third-order valence-electron chi connectivity index (χ3n) is 5.58. The van der Waals surface area contributed by atoms with Gasteiger partial charge in [-0.05, 0) is 39.3 Å². The van der Waals surface area contributed by atoms with Gasteiger partial charge in [0.1, 0.15) is 5.76 Å². The molecule has 2 aromatic rings. The zero-order valence-electron chi connectivity index (χ0n) is 15.6. The fraction of sp³-hybridized carbons (Fsp3) is 0.632. The van der Waals surface area contributed by atoms with Gasteiger partial charge in [0.25, 0.3) is 0 Å². The molecule has 0 saturated carbocycles. The van der Waals surface area contributed by atoms with Gasteiger partial charge >= 0.3 is 0 Å². The standard InChI is InChI=1S/C19H27N5O2/c1-15-17(16(2)26-22-15)11-23-8-3-5-19(12-23)13-24(9-10-25-14-19)18-20-6-4-7-21-18/h4,6-7H,3,5,8-14H2,1-2H3. The lowest BCUT2D eigenvalue weighted by atomic mass is 9.80. The summed E-state index contributed by atoms with van der Waals surface area (Å²) >= 11 is 0. The normalized spacial score (nSPS) is 24.8. The molecule has 2 aliphatic heterocycles. The highest BCUT2D eigenvalue weighted by atomic mass is 16.5. The van der Waals surface area contributed by atoms with Crippen LogP contribution < -0.4 is 4.90 Å². The van der Waals surface area contributed by atoms with Gasteiger partial charge in [-0.1, -0.05) is 5.16 Å². The molecule has 2 fully saturated rings. The Morgan fingerprint density at radius 3 is 2.77 bits per heavy atom. The van der Waals surface area contributed by atoms with E-state index in [1.165, 1.54) is 18.4 Å². The largest absolute Gasteiger partial charge is 0.379 e. The molecule has 140 valence electrons. The van der Waals surface area contributed by atoms with E-state index >= 15 is 0 Å². The highest BCUT2D eigenvalue weighted by Gasteiger charge is 2.39. The molecule has 7 nitrogen and oxygen atoms in total. The van der Waals surface area contributed by atoms with Crippen LogP contribution in [0.15, 0.2) is 23.0 Å². The van der Waals surface area contributed by atoms with Gasteiger partial charge in [-0.3, -0.25) is 4.90 Å². The van der Waals surface area contributed by atoms with E-state index in [1.54, 1.807) is 0 Å². The summed E-state index contributed by atoms with van der Waals surface area (Å²) in [6.07, 6.45) is 5.97. The molecule has 1 spiro atoms. The van der Waals surface area contributed by atoms with Crippen LogP contribution in [0.2, 0.25) is 0 Å². The fourth-order valence-electron chi connectivity index (χ4n) is 4.26. The predicted octanol–water partition coefficient (Wildman–Crippen LogP) is 2.20. The van der Waals surface area contributed by atoms with Crippen LogP contribution >= 0.6 is 0 Å². The van der Waals surface area contributed by atoms with E-state index in [-0.39, 0.29) is 5.41 Å². The summed E-state index contributed by atoms with van der Waals surface area (Å²) in [4.78, 5) is 13.7. The average Bonchev–Trinajstić information content (AvgIpc) is 2.85. The van der Waals surface area contributed by atoms with Crippen molar-refractivity contribution in [2.24, 2.45) is 5.41 Å². The number of likely N-dealkylation sites (tertiary alicyclic amines) is 1. The topological polar surface area (TPSA) is 67.5 Å². The molecular weight excluding hydrogens is 330 g/mol. The summed E-state index contributed by atoms with van der Waals surface area (Å²) in [6, 6.07) is 1.86. The number of nitrogens with zero attached hydrogens (tertiary/aromatic N) is 5. The molecule has 2 aliphatic rings. The number of hydrogen-bond acceptors (Lipinski definition) is 7. The zero-order chi connectivity index (χ0) is 18.0. The van der Waals surface area contributed by atoms with Crippen molar-refractivity contribution >= 4 is 5.95 Å². The Hall–Kier alpha value is -1.99. The smallest absolute Gasteiger partial charge is 0.225 e. The minimum Gasteiger partial charge on any atom is -0.379 e. The molecule has 4 heterocycles. The Balaban J connectivity index is 1.51. The number of piperidine rings is 1. The maximum absolute atomic E-state index is 6.02. The summed E-state index contributed by atoms with van der Waals surface area (Å²) in [7, 11) is 0. The van der Waals surface area contributed by atoms with Gasteiger partial charge in [-0.15, -0.1) is 0 Å². The quantitative estimate of drug-likeness (QED) is 0.834. The molecule has 26 heavy (non-hydrogen) atoms. The first kappa shape index (κ1) is 17.4. The number of aryl methyl sites for hydroxylation is 2. The van der Waals surface area contributed by atoms with Crippen molar-refractivity contribution < 1.29 is 9.26 Å². The summed E-state index contributed by atoms with van der Waals surface area (Å²) in [5, 5.41) is 4.10.